The Bertz CT molecular complexity index is 741. The van der Waals surface area contributed by atoms with Crippen molar-refractivity contribution in [3.8, 4) is 0 Å². The summed E-state index contributed by atoms with van der Waals surface area (Å²) in [5.74, 6) is -0.664. The van der Waals surface area contributed by atoms with Crippen molar-refractivity contribution in [2.75, 3.05) is 0 Å². The lowest BCUT2D eigenvalue weighted by molar-refractivity contribution is -0.168. The van der Waals surface area contributed by atoms with Gasteiger partial charge < -0.3 is 4.74 Å². The number of hydrazone groups is 1. The highest BCUT2D eigenvalue weighted by Gasteiger charge is 2.75. The summed E-state index contributed by atoms with van der Waals surface area (Å²) in [7, 11) is 0. The maximum Gasteiger partial charge on any atom is 0.313 e. The largest absolute Gasteiger partial charge is 0.448 e. The molecule has 2 unspecified atom stereocenters. The highest BCUT2D eigenvalue weighted by molar-refractivity contribution is 6.30. The number of fused-ring (bicyclic) bond motifs is 2. The van der Waals surface area contributed by atoms with Gasteiger partial charge >= 0.3 is 5.97 Å². The number of nitrogens with zero attached hydrogens (tertiary/aromatic N) is 1. The van der Waals surface area contributed by atoms with Crippen LogP contribution in [0.2, 0.25) is 5.02 Å². The molecule has 0 radical (unpaired) electrons. The van der Waals surface area contributed by atoms with Crippen molar-refractivity contribution in [2.45, 2.75) is 46.1 Å². The quantitative estimate of drug-likeness (QED) is 0.517. The number of benzene rings is 1. The van der Waals surface area contributed by atoms with E-state index in [-0.39, 0.29) is 11.9 Å². The number of hydrogen-bond donors (Lipinski definition) is 1. The third-order valence-electron chi connectivity index (χ3n) is 6.04. The van der Waals surface area contributed by atoms with Gasteiger partial charge in [-0.3, -0.25) is 9.59 Å². The molecule has 1 aromatic rings. The zero-order valence-electron chi connectivity index (χ0n) is 14.3. The molecule has 0 spiro atoms. The van der Waals surface area contributed by atoms with Crippen molar-refractivity contribution in [3.05, 3.63) is 34.9 Å². The number of halogens is 1. The summed E-state index contributed by atoms with van der Waals surface area (Å²) in [5.41, 5.74) is 1.74. The molecule has 1 heterocycles. The van der Waals surface area contributed by atoms with Crippen LogP contribution in [0.25, 0.3) is 0 Å². The van der Waals surface area contributed by atoms with Crippen LogP contribution < -0.4 is 5.43 Å². The van der Waals surface area contributed by atoms with Crippen molar-refractivity contribution in [3.63, 3.8) is 0 Å². The van der Waals surface area contributed by atoms with E-state index in [4.69, 9.17) is 16.3 Å². The average Bonchev–Trinajstić information content (AvgIpc) is 2.83. The molecule has 6 heteroatoms. The smallest absolute Gasteiger partial charge is 0.313 e. The van der Waals surface area contributed by atoms with Gasteiger partial charge in [0.2, 0.25) is 0 Å². The first-order valence-electron chi connectivity index (χ1n) is 7.98. The number of hydrogen-bond acceptors (Lipinski definition) is 4. The summed E-state index contributed by atoms with van der Waals surface area (Å²) in [6, 6.07) is 7.19. The molecular weight excluding hydrogens is 328 g/mol. The highest BCUT2D eigenvalue weighted by atomic mass is 35.5. The first kappa shape index (κ1) is 17.0. The maximum atomic E-state index is 12.8. The lowest BCUT2D eigenvalue weighted by Gasteiger charge is -2.34. The van der Waals surface area contributed by atoms with E-state index >= 15 is 0 Å². The third kappa shape index (κ3) is 2.10. The molecule has 1 aromatic carbocycles. The maximum absolute atomic E-state index is 12.8. The molecule has 3 rings (SSSR count). The zero-order chi connectivity index (χ0) is 17.8. The Hall–Kier alpha value is -1.88. The first-order chi connectivity index (χ1) is 11.1. The molecule has 24 heavy (non-hydrogen) atoms. The summed E-state index contributed by atoms with van der Waals surface area (Å²) in [6.45, 7) is 7.51. The van der Waals surface area contributed by atoms with Crippen LogP contribution in [0.5, 0.6) is 0 Å². The van der Waals surface area contributed by atoms with E-state index in [1.165, 1.54) is 0 Å². The minimum absolute atomic E-state index is 0.299. The van der Waals surface area contributed by atoms with Crippen molar-refractivity contribution < 1.29 is 14.3 Å². The predicted octanol–water partition coefficient (Wildman–Crippen LogP) is 3.30. The molecule has 1 N–H and O–H groups in total. The number of nitrogens with one attached hydrogen (secondary N) is 1. The molecule has 2 aliphatic rings. The number of amides is 1. The summed E-state index contributed by atoms with van der Waals surface area (Å²) in [6.07, 6.45) is 1.16. The lowest BCUT2D eigenvalue weighted by Crippen LogP contribution is -2.52. The molecule has 1 saturated carbocycles. The molecular formula is C18H21ClN2O3. The zero-order valence-corrected chi connectivity index (χ0v) is 15.0. The minimum Gasteiger partial charge on any atom is -0.448 e. The summed E-state index contributed by atoms with van der Waals surface area (Å²) in [5, 5.41) is 4.81. The molecule has 5 nitrogen and oxygen atoms in total. The Morgan fingerprint density at radius 1 is 1.21 bits per heavy atom. The first-order valence-corrected chi connectivity index (χ1v) is 8.36. The van der Waals surface area contributed by atoms with E-state index in [1.807, 2.05) is 32.9 Å². The molecule has 128 valence electrons. The number of ether oxygens (including phenoxy) is 1. The lowest BCUT2D eigenvalue weighted by atomic mass is 9.66. The molecule has 1 aliphatic carbocycles. The van der Waals surface area contributed by atoms with E-state index in [1.54, 1.807) is 19.1 Å². The van der Waals surface area contributed by atoms with Crippen LogP contribution >= 0.6 is 11.6 Å². The van der Waals surface area contributed by atoms with Gasteiger partial charge in [-0.05, 0) is 44.4 Å². The number of esters is 1. The summed E-state index contributed by atoms with van der Waals surface area (Å²) in [4.78, 5) is 25.0. The molecule has 1 aliphatic heterocycles. The fourth-order valence-corrected chi connectivity index (χ4v) is 3.85. The number of carbonyl (C=O) groups is 2. The van der Waals surface area contributed by atoms with Crippen molar-refractivity contribution in [1.29, 1.82) is 0 Å². The molecule has 2 fully saturated rings. The molecule has 2 bridgehead atoms. The van der Waals surface area contributed by atoms with Gasteiger partial charge in [0.1, 0.15) is 0 Å². The second-order valence-electron chi connectivity index (χ2n) is 7.32. The van der Waals surface area contributed by atoms with Crippen molar-refractivity contribution in [2.24, 2.45) is 15.9 Å². The standard InChI is InChI=1S/C18H21ClN2O3/c1-11(12-5-7-13(19)8-6-12)20-21-14(22)18-10-9-17(4,15(23)24-18)16(18,2)3/h5-8H,9-10H2,1-4H3,(H,21,22). The fourth-order valence-electron chi connectivity index (χ4n) is 3.73. The van der Waals surface area contributed by atoms with Crippen molar-refractivity contribution >= 4 is 29.2 Å². The van der Waals surface area contributed by atoms with Gasteiger partial charge in [-0.1, -0.05) is 37.6 Å². The van der Waals surface area contributed by atoms with Crippen LogP contribution in [0.3, 0.4) is 0 Å². The minimum atomic E-state index is -1.15. The summed E-state index contributed by atoms with van der Waals surface area (Å²) >= 11 is 5.87. The molecule has 2 atom stereocenters. The number of carbonyl (C=O) groups excluding carboxylic acids is 2. The Morgan fingerprint density at radius 2 is 1.83 bits per heavy atom. The molecule has 1 saturated heterocycles. The van der Waals surface area contributed by atoms with E-state index in [2.05, 4.69) is 10.5 Å². The van der Waals surface area contributed by atoms with Crippen LogP contribution in [0.1, 0.15) is 46.1 Å². The van der Waals surface area contributed by atoms with Crippen LogP contribution in [-0.2, 0) is 14.3 Å². The van der Waals surface area contributed by atoms with E-state index in [0.717, 1.165) is 5.56 Å². The van der Waals surface area contributed by atoms with Gasteiger partial charge in [0.15, 0.2) is 5.60 Å². The third-order valence-corrected chi connectivity index (χ3v) is 6.29. The van der Waals surface area contributed by atoms with Gasteiger partial charge in [-0.15, -0.1) is 0 Å². The summed E-state index contributed by atoms with van der Waals surface area (Å²) < 4.78 is 5.54. The van der Waals surface area contributed by atoms with Gasteiger partial charge in [-0.2, -0.15) is 5.10 Å². The van der Waals surface area contributed by atoms with Gasteiger partial charge in [0, 0.05) is 10.4 Å². The van der Waals surface area contributed by atoms with Crippen LogP contribution in [0.15, 0.2) is 29.4 Å². The van der Waals surface area contributed by atoms with Gasteiger partial charge in [0.25, 0.3) is 5.91 Å². The average molecular weight is 349 g/mol. The topological polar surface area (TPSA) is 67.8 Å². The Balaban J connectivity index is 1.82. The fraction of sp³-hybridized carbons (Fsp3) is 0.500. The predicted molar refractivity (Wildman–Crippen MR) is 91.8 cm³/mol. The van der Waals surface area contributed by atoms with Gasteiger partial charge in [-0.25, -0.2) is 5.43 Å². The van der Waals surface area contributed by atoms with E-state index in [9.17, 15) is 9.59 Å². The van der Waals surface area contributed by atoms with Crippen molar-refractivity contribution in [1.82, 2.24) is 5.43 Å². The Kier molecular flexibility index (Phi) is 3.75. The van der Waals surface area contributed by atoms with Crippen LogP contribution in [-0.4, -0.2) is 23.2 Å². The van der Waals surface area contributed by atoms with Gasteiger partial charge in [0.05, 0.1) is 11.1 Å². The normalized spacial score (nSPS) is 31.0. The molecule has 0 aromatic heterocycles. The SMILES string of the molecule is CC(=NNC(=O)C12CCC(C)(C(=O)O1)C2(C)C)c1ccc(Cl)cc1. The van der Waals surface area contributed by atoms with Crippen LogP contribution in [0, 0.1) is 10.8 Å². The Morgan fingerprint density at radius 3 is 2.33 bits per heavy atom. The monoisotopic (exact) mass is 348 g/mol. The molecule has 1 amide bonds. The Labute approximate surface area is 146 Å². The number of rotatable bonds is 3. The second kappa shape index (κ2) is 5.31. The highest BCUT2D eigenvalue weighted by Crippen LogP contribution is 2.65. The van der Waals surface area contributed by atoms with E-state index < -0.39 is 16.4 Å². The second-order valence-corrected chi connectivity index (χ2v) is 7.76. The van der Waals surface area contributed by atoms with Crippen LogP contribution in [0.4, 0.5) is 0 Å². The van der Waals surface area contributed by atoms with E-state index in [0.29, 0.717) is 23.6 Å².